The summed E-state index contributed by atoms with van der Waals surface area (Å²) in [4.78, 5) is 19.7. The van der Waals surface area contributed by atoms with E-state index in [0.29, 0.717) is 5.92 Å². The van der Waals surface area contributed by atoms with Crippen molar-refractivity contribution in [2.24, 2.45) is 5.92 Å². The van der Waals surface area contributed by atoms with Gasteiger partial charge in [0.15, 0.2) is 0 Å². The molecule has 0 radical (unpaired) electrons. The van der Waals surface area contributed by atoms with Crippen molar-refractivity contribution in [3.63, 3.8) is 0 Å². The zero-order chi connectivity index (χ0) is 19.6. The number of carboxylic acids is 1. The Hall–Kier alpha value is -2.23. The highest BCUT2D eigenvalue weighted by Gasteiger charge is 2.14. The van der Waals surface area contributed by atoms with Crippen molar-refractivity contribution in [1.29, 1.82) is 0 Å². The van der Waals surface area contributed by atoms with Crippen LogP contribution in [0.3, 0.4) is 0 Å². The molecule has 0 spiro atoms. The molecule has 146 valence electrons. The van der Waals surface area contributed by atoms with E-state index in [2.05, 4.69) is 55.0 Å². The summed E-state index contributed by atoms with van der Waals surface area (Å²) < 4.78 is 0. The lowest BCUT2D eigenvalue weighted by atomic mass is 9.96. The molecule has 1 atom stereocenters. The molecule has 0 fully saturated rings. The zero-order valence-corrected chi connectivity index (χ0v) is 16.9. The number of hydrogen-bond acceptors (Lipinski definition) is 3. The van der Waals surface area contributed by atoms with Crippen molar-refractivity contribution in [2.75, 3.05) is 0 Å². The van der Waals surface area contributed by atoms with Crippen molar-refractivity contribution in [3.05, 3.63) is 47.4 Å². The number of nitrogens with zero attached hydrogens (tertiary/aromatic N) is 2. The first kappa shape index (κ1) is 21.1. The largest absolute Gasteiger partial charge is 0.475 e. The Morgan fingerprint density at radius 1 is 1.07 bits per heavy atom. The lowest BCUT2D eigenvalue weighted by Gasteiger charge is -2.12. The van der Waals surface area contributed by atoms with E-state index in [0.717, 1.165) is 42.5 Å². The number of aryl methyl sites for hydroxylation is 1. The molecule has 4 heteroatoms. The number of hydrogen-bond donors (Lipinski definition) is 1. The van der Waals surface area contributed by atoms with E-state index in [9.17, 15) is 9.90 Å². The second-order valence-electron chi connectivity index (χ2n) is 7.45. The van der Waals surface area contributed by atoms with E-state index < -0.39 is 5.97 Å². The SMILES string of the molecule is CCCCCCCc1cnc(C(=O)O)nc1-c1ccc(C[C@@H](C)CC)cc1. The molecule has 0 saturated heterocycles. The fourth-order valence-corrected chi connectivity index (χ4v) is 3.21. The van der Waals surface area contributed by atoms with Gasteiger partial charge in [-0.3, -0.25) is 0 Å². The maximum atomic E-state index is 11.3. The molecule has 0 unspecified atom stereocenters. The Kier molecular flexibility index (Phi) is 8.43. The van der Waals surface area contributed by atoms with E-state index in [4.69, 9.17) is 0 Å². The van der Waals surface area contributed by atoms with Crippen molar-refractivity contribution in [3.8, 4) is 11.3 Å². The predicted octanol–water partition coefficient (Wildman–Crippen LogP) is 5.94. The smallest absolute Gasteiger partial charge is 0.373 e. The molecule has 0 aliphatic heterocycles. The van der Waals surface area contributed by atoms with Gasteiger partial charge >= 0.3 is 5.97 Å². The van der Waals surface area contributed by atoms with Crippen LogP contribution in [0.15, 0.2) is 30.5 Å². The normalized spacial score (nSPS) is 12.1. The van der Waals surface area contributed by atoms with Crippen molar-refractivity contribution in [1.82, 2.24) is 9.97 Å². The summed E-state index contributed by atoms with van der Waals surface area (Å²) >= 11 is 0. The number of aromatic nitrogens is 2. The Morgan fingerprint density at radius 2 is 1.78 bits per heavy atom. The molecule has 4 nitrogen and oxygen atoms in total. The van der Waals surface area contributed by atoms with Crippen LogP contribution in [0.1, 0.15) is 81.0 Å². The van der Waals surface area contributed by atoms with Gasteiger partial charge in [0, 0.05) is 11.8 Å². The number of carboxylic acid groups (broad SMARTS) is 1. The number of carbonyl (C=O) groups is 1. The van der Waals surface area contributed by atoms with Crippen molar-refractivity contribution < 1.29 is 9.90 Å². The van der Waals surface area contributed by atoms with Crippen LogP contribution in [0, 0.1) is 5.92 Å². The zero-order valence-electron chi connectivity index (χ0n) is 16.9. The van der Waals surface area contributed by atoms with Crippen molar-refractivity contribution >= 4 is 5.97 Å². The summed E-state index contributed by atoms with van der Waals surface area (Å²) in [5.74, 6) is -0.560. The first-order valence-corrected chi connectivity index (χ1v) is 10.2. The average Bonchev–Trinajstić information content (AvgIpc) is 2.68. The second kappa shape index (κ2) is 10.8. The van der Waals surface area contributed by atoms with Crippen LogP contribution < -0.4 is 0 Å². The van der Waals surface area contributed by atoms with Gasteiger partial charge in [0.25, 0.3) is 0 Å². The van der Waals surface area contributed by atoms with Crippen LogP contribution >= 0.6 is 0 Å². The molecule has 0 aliphatic rings. The molecule has 1 aromatic heterocycles. The second-order valence-corrected chi connectivity index (χ2v) is 7.45. The van der Waals surface area contributed by atoms with Crippen LogP contribution in [0.25, 0.3) is 11.3 Å². The monoisotopic (exact) mass is 368 g/mol. The fraction of sp³-hybridized carbons (Fsp3) is 0.522. The third-order valence-corrected chi connectivity index (χ3v) is 5.11. The lowest BCUT2D eigenvalue weighted by Crippen LogP contribution is -2.07. The fourth-order valence-electron chi connectivity index (χ4n) is 3.21. The van der Waals surface area contributed by atoms with Crippen LogP contribution in [0.4, 0.5) is 0 Å². The predicted molar refractivity (Wildman–Crippen MR) is 110 cm³/mol. The van der Waals surface area contributed by atoms with Gasteiger partial charge in [-0.25, -0.2) is 14.8 Å². The third-order valence-electron chi connectivity index (χ3n) is 5.11. The molecule has 27 heavy (non-hydrogen) atoms. The number of benzene rings is 1. The van der Waals surface area contributed by atoms with Gasteiger partial charge in [0.2, 0.25) is 5.82 Å². The quantitative estimate of drug-likeness (QED) is 0.498. The van der Waals surface area contributed by atoms with Gasteiger partial charge in [-0.1, -0.05) is 77.1 Å². The Labute approximate surface area is 163 Å². The Bertz CT molecular complexity index is 726. The molecular weight excluding hydrogens is 336 g/mol. The van der Waals surface area contributed by atoms with Gasteiger partial charge in [-0.15, -0.1) is 0 Å². The van der Waals surface area contributed by atoms with Crippen LogP contribution in [0.5, 0.6) is 0 Å². The number of unbranched alkanes of at least 4 members (excludes halogenated alkanes) is 4. The molecule has 1 aromatic carbocycles. The van der Waals surface area contributed by atoms with E-state index in [1.54, 1.807) is 6.20 Å². The van der Waals surface area contributed by atoms with Crippen LogP contribution in [-0.2, 0) is 12.8 Å². The molecule has 1 heterocycles. The van der Waals surface area contributed by atoms with Crippen molar-refractivity contribution in [2.45, 2.75) is 72.1 Å². The van der Waals surface area contributed by atoms with Gasteiger partial charge < -0.3 is 5.11 Å². The van der Waals surface area contributed by atoms with Gasteiger partial charge in [0.05, 0.1) is 5.69 Å². The van der Waals surface area contributed by atoms with E-state index in [-0.39, 0.29) is 5.82 Å². The highest BCUT2D eigenvalue weighted by molar-refractivity contribution is 5.84. The highest BCUT2D eigenvalue weighted by atomic mass is 16.4. The molecule has 2 aromatic rings. The van der Waals surface area contributed by atoms with E-state index >= 15 is 0 Å². The summed E-state index contributed by atoms with van der Waals surface area (Å²) in [6.07, 6.45) is 10.8. The van der Waals surface area contributed by atoms with Crippen LogP contribution in [0.2, 0.25) is 0 Å². The molecular formula is C23H32N2O2. The summed E-state index contributed by atoms with van der Waals surface area (Å²) in [6, 6.07) is 8.39. The standard InChI is InChI=1S/C23H32N2O2/c1-4-6-7-8-9-10-20-16-24-22(23(26)27)25-21(20)19-13-11-18(12-14-19)15-17(3)5-2/h11-14,16-17H,4-10,15H2,1-3H3,(H,26,27)/t17-/m0/s1. The minimum absolute atomic E-state index is 0.136. The summed E-state index contributed by atoms with van der Waals surface area (Å²) in [7, 11) is 0. The summed E-state index contributed by atoms with van der Waals surface area (Å²) in [6.45, 7) is 6.68. The third kappa shape index (κ3) is 6.46. The Morgan fingerprint density at radius 3 is 2.41 bits per heavy atom. The van der Waals surface area contributed by atoms with E-state index in [1.807, 2.05) is 0 Å². The molecule has 0 saturated carbocycles. The minimum Gasteiger partial charge on any atom is -0.475 e. The average molecular weight is 369 g/mol. The maximum Gasteiger partial charge on any atom is 0.373 e. The maximum absolute atomic E-state index is 11.3. The topological polar surface area (TPSA) is 63.1 Å². The summed E-state index contributed by atoms with van der Waals surface area (Å²) in [5.41, 5.74) is 4.07. The summed E-state index contributed by atoms with van der Waals surface area (Å²) in [5, 5.41) is 9.27. The highest BCUT2D eigenvalue weighted by Crippen LogP contribution is 2.24. The van der Waals surface area contributed by atoms with Crippen LogP contribution in [-0.4, -0.2) is 21.0 Å². The van der Waals surface area contributed by atoms with E-state index in [1.165, 1.54) is 31.2 Å². The lowest BCUT2D eigenvalue weighted by molar-refractivity contribution is 0.0683. The molecule has 0 bridgehead atoms. The number of rotatable bonds is 11. The molecule has 0 amide bonds. The molecule has 1 N–H and O–H groups in total. The van der Waals surface area contributed by atoms with Gasteiger partial charge in [-0.2, -0.15) is 0 Å². The molecule has 2 rings (SSSR count). The molecule has 0 aliphatic carbocycles. The van der Waals surface area contributed by atoms with Gasteiger partial charge in [-0.05, 0) is 36.3 Å². The number of aromatic carboxylic acids is 1. The Balaban J connectivity index is 2.21. The first-order chi connectivity index (χ1) is 13.0. The first-order valence-electron chi connectivity index (χ1n) is 10.2. The van der Waals surface area contributed by atoms with Gasteiger partial charge in [0.1, 0.15) is 0 Å². The minimum atomic E-state index is -1.08.